The second-order valence-electron chi connectivity index (χ2n) is 7.73. The molecule has 2 aromatic heterocycles. The van der Waals surface area contributed by atoms with Crippen molar-refractivity contribution in [1.29, 1.82) is 0 Å². The lowest BCUT2D eigenvalue weighted by Gasteiger charge is -2.21. The zero-order valence-corrected chi connectivity index (χ0v) is 16.7. The summed E-state index contributed by atoms with van der Waals surface area (Å²) < 4.78 is 0. The molecule has 142 valence electrons. The Morgan fingerprint density at radius 2 is 1.96 bits per heavy atom. The zero-order valence-electron chi connectivity index (χ0n) is 15.1. The number of rotatable bonds is 5. The van der Waals surface area contributed by atoms with Crippen molar-refractivity contribution in [3.05, 3.63) is 20.6 Å². The standard InChI is InChI=1S/C19H22N4O2S2/c20-19(25)12-2-1-7-23(12)16(24)9-15-21-11-5-6-13-17(18(11)27-15)22-14(26-13)8-10-3-4-10/h10,12H,1-9H2,(H2,20,25)/t12-/m0/s1. The molecule has 3 aliphatic rings. The molecule has 5 rings (SSSR count). The van der Waals surface area contributed by atoms with E-state index in [0.717, 1.165) is 52.9 Å². The Morgan fingerprint density at radius 3 is 2.74 bits per heavy atom. The second kappa shape index (κ2) is 6.67. The van der Waals surface area contributed by atoms with Crippen molar-refractivity contribution in [3.8, 4) is 10.6 Å². The lowest BCUT2D eigenvalue weighted by atomic mass is 10.1. The number of hydrogen-bond acceptors (Lipinski definition) is 6. The number of hydrogen-bond donors (Lipinski definition) is 1. The number of amides is 2. The molecule has 8 heteroatoms. The van der Waals surface area contributed by atoms with Crippen LogP contribution in [-0.4, -0.2) is 39.3 Å². The van der Waals surface area contributed by atoms with Gasteiger partial charge in [-0.15, -0.1) is 22.7 Å². The Morgan fingerprint density at radius 1 is 1.11 bits per heavy atom. The predicted octanol–water partition coefficient (Wildman–Crippen LogP) is 2.34. The van der Waals surface area contributed by atoms with Gasteiger partial charge in [0.15, 0.2) is 0 Å². The summed E-state index contributed by atoms with van der Waals surface area (Å²) in [6.45, 7) is 0.609. The van der Waals surface area contributed by atoms with Gasteiger partial charge in [0.1, 0.15) is 11.0 Å². The quantitative estimate of drug-likeness (QED) is 0.831. The van der Waals surface area contributed by atoms with Gasteiger partial charge in [-0.25, -0.2) is 9.97 Å². The van der Waals surface area contributed by atoms with Crippen LogP contribution in [0.5, 0.6) is 0 Å². The molecule has 6 nitrogen and oxygen atoms in total. The van der Waals surface area contributed by atoms with Crippen LogP contribution in [0.15, 0.2) is 0 Å². The van der Waals surface area contributed by atoms with Crippen molar-refractivity contribution in [1.82, 2.24) is 14.9 Å². The average Bonchev–Trinajstić information content (AvgIpc) is 3.04. The lowest BCUT2D eigenvalue weighted by molar-refractivity contribution is -0.136. The Bertz CT molecular complexity index is 915. The second-order valence-corrected chi connectivity index (χ2v) is 9.99. The van der Waals surface area contributed by atoms with Crippen LogP contribution in [0.4, 0.5) is 0 Å². The van der Waals surface area contributed by atoms with Crippen LogP contribution < -0.4 is 5.73 Å². The number of nitrogens with two attached hydrogens (primary N) is 1. The molecular weight excluding hydrogens is 380 g/mol. The fourth-order valence-corrected chi connectivity index (χ4v) is 6.43. The smallest absolute Gasteiger partial charge is 0.240 e. The van der Waals surface area contributed by atoms with Crippen LogP contribution in [0, 0.1) is 5.92 Å². The van der Waals surface area contributed by atoms with Gasteiger partial charge in [0.25, 0.3) is 0 Å². The average molecular weight is 403 g/mol. The molecule has 0 spiro atoms. The van der Waals surface area contributed by atoms with E-state index >= 15 is 0 Å². The van der Waals surface area contributed by atoms with Crippen molar-refractivity contribution in [3.63, 3.8) is 0 Å². The third-order valence-corrected chi connectivity index (χ3v) is 7.89. The maximum atomic E-state index is 12.7. The molecule has 0 aromatic carbocycles. The summed E-state index contributed by atoms with van der Waals surface area (Å²) in [5, 5.41) is 2.08. The summed E-state index contributed by atoms with van der Waals surface area (Å²) >= 11 is 3.45. The Hall–Kier alpha value is -1.80. The van der Waals surface area contributed by atoms with Crippen LogP contribution in [0.3, 0.4) is 0 Å². The predicted molar refractivity (Wildman–Crippen MR) is 105 cm³/mol. The molecule has 1 atom stereocenters. The highest BCUT2D eigenvalue weighted by atomic mass is 32.1. The highest BCUT2D eigenvalue weighted by Gasteiger charge is 2.33. The molecular formula is C19H22N4O2S2. The van der Waals surface area contributed by atoms with Crippen LogP contribution in [0.25, 0.3) is 10.6 Å². The molecule has 27 heavy (non-hydrogen) atoms. The monoisotopic (exact) mass is 402 g/mol. The number of primary amides is 1. The Balaban J connectivity index is 1.35. The number of thiazole rings is 2. The minimum absolute atomic E-state index is 0.0460. The third kappa shape index (κ3) is 3.29. The van der Waals surface area contributed by atoms with Crippen LogP contribution in [0.2, 0.25) is 0 Å². The van der Waals surface area contributed by atoms with Crippen molar-refractivity contribution < 1.29 is 9.59 Å². The number of likely N-dealkylation sites (tertiary alicyclic amines) is 1. The highest BCUT2D eigenvalue weighted by molar-refractivity contribution is 7.16. The molecule has 2 N–H and O–H groups in total. The molecule has 2 aromatic rings. The Kier molecular flexibility index (Phi) is 4.27. The van der Waals surface area contributed by atoms with E-state index in [1.807, 2.05) is 11.3 Å². The summed E-state index contributed by atoms with van der Waals surface area (Å²) in [4.78, 5) is 38.0. The van der Waals surface area contributed by atoms with E-state index in [-0.39, 0.29) is 12.3 Å². The molecule has 0 radical (unpaired) electrons. The molecule has 2 amide bonds. The maximum Gasteiger partial charge on any atom is 0.240 e. The summed E-state index contributed by atoms with van der Waals surface area (Å²) in [6, 6.07) is -0.456. The molecule has 1 aliphatic heterocycles. The highest BCUT2D eigenvalue weighted by Crippen LogP contribution is 2.42. The minimum Gasteiger partial charge on any atom is -0.368 e. The number of carbonyl (C=O) groups is 2. The van der Waals surface area contributed by atoms with Gasteiger partial charge in [0.05, 0.1) is 27.7 Å². The van der Waals surface area contributed by atoms with Crippen LogP contribution in [0.1, 0.15) is 46.3 Å². The molecule has 1 saturated carbocycles. The van der Waals surface area contributed by atoms with Crippen LogP contribution >= 0.6 is 22.7 Å². The number of fused-ring (bicyclic) bond motifs is 3. The van der Waals surface area contributed by atoms with E-state index in [1.165, 1.54) is 22.7 Å². The first-order valence-corrected chi connectivity index (χ1v) is 11.3. The molecule has 0 bridgehead atoms. The van der Waals surface area contributed by atoms with Crippen molar-refractivity contribution >= 4 is 34.5 Å². The van der Waals surface area contributed by atoms with Crippen LogP contribution in [-0.2, 0) is 35.3 Å². The summed E-state index contributed by atoms with van der Waals surface area (Å²) in [6.07, 6.45) is 7.46. The number of nitrogens with zero attached hydrogens (tertiary/aromatic N) is 3. The topological polar surface area (TPSA) is 89.2 Å². The normalized spacial score (nSPS) is 21.2. The molecule has 3 heterocycles. The first kappa shape index (κ1) is 17.3. The van der Waals surface area contributed by atoms with E-state index in [2.05, 4.69) is 0 Å². The van der Waals surface area contributed by atoms with Gasteiger partial charge in [-0.3, -0.25) is 9.59 Å². The number of aromatic nitrogens is 2. The van der Waals surface area contributed by atoms with Gasteiger partial charge in [-0.2, -0.15) is 0 Å². The van der Waals surface area contributed by atoms with Crippen molar-refractivity contribution in [2.75, 3.05) is 6.54 Å². The SMILES string of the molecule is NC(=O)[C@@H]1CCCN1C(=O)Cc1nc2c(s1)-c1nc(CC3CC3)sc1CC2. The summed E-state index contributed by atoms with van der Waals surface area (Å²) in [7, 11) is 0. The zero-order chi connectivity index (χ0) is 18.5. The summed E-state index contributed by atoms with van der Waals surface area (Å²) in [5.74, 6) is 0.385. The van der Waals surface area contributed by atoms with E-state index in [1.54, 1.807) is 16.2 Å². The lowest BCUT2D eigenvalue weighted by Crippen LogP contribution is -2.44. The summed E-state index contributed by atoms with van der Waals surface area (Å²) in [5.41, 5.74) is 7.62. The fourth-order valence-electron chi connectivity index (χ4n) is 4.06. The van der Waals surface area contributed by atoms with E-state index < -0.39 is 11.9 Å². The van der Waals surface area contributed by atoms with Gasteiger partial charge < -0.3 is 10.6 Å². The molecule has 2 fully saturated rings. The minimum atomic E-state index is -0.456. The van der Waals surface area contributed by atoms with E-state index in [4.69, 9.17) is 15.7 Å². The van der Waals surface area contributed by atoms with Gasteiger partial charge in [-0.05, 0) is 44.4 Å². The first-order chi connectivity index (χ1) is 13.1. The third-order valence-electron chi connectivity index (χ3n) is 5.65. The van der Waals surface area contributed by atoms with Gasteiger partial charge in [0, 0.05) is 17.8 Å². The maximum absolute atomic E-state index is 12.7. The first-order valence-electron chi connectivity index (χ1n) is 9.65. The van der Waals surface area contributed by atoms with Crippen molar-refractivity contribution in [2.24, 2.45) is 11.7 Å². The largest absolute Gasteiger partial charge is 0.368 e. The molecule has 0 unspecified atom stereocenters. The van der Waals surface area contributed by atoms with Crippen molar-refractivity contribution in [2.45, 2.75) is 57.4 Å². The van der Waals surface area contributed by atoms with Gasteiger partial charge >= 0.3 is 0 Å². The number of carbonyl (C=O) groups excluding carboxylic acids is 2. The molecule has 2 aliphatic carbocycles. The van der Waals surface area contributed by atoms with E-state index in [0.29, 0.717) is 13.0 Å². The molecule has 1 saturated heterocycles. The fraction of sp³-hybridized carbons (Fsp3) is 0.579. The number of aryl methyl sites for hydroxylation is 2. The van der Waals surface area contributed by atoms with Gasteiger partial charge in [0.2, 0.25) is 11.8 Å². The van der Waals surface area contributed by atoms with Gasteiger partial charge in [-0.1, -0.05) is 0 Å². The van der Waals surface area contributed by atoms with E-state index in [9.17, 15) is 9.59 Å². The Labute approximate surface area is 165 Å².